The number of hydrogen-bond donors (Lipinski definition) is 1. The molecular weight excluding hydrogens is 323 g/mol. The molecule has 112 valence electrons. The Labute approximate surface area is 137 Å². The second-order valence-electron chi connectivity index (χ2n) is 4.95. The van der Waals surface area contributed by atoms with Crippen LogP contribution in [0.3, 0.4) is 0 Å². The standard InChI is InChI=1S/C16H12Cl2N2O2/c17-10-1-5-12(6-2-10)19-14-9-15(21)20(16(14)22)13-7-3-11(18)4-8-13/h1-8,14,19H,9H2/t14-/m1/s1. The molecule has 22 heavy (non-hydrogen) atoms. The molecule has 0 spiro atoms. The Bertz CT molecular complexity index is 714. The van der Waals surface area contributed by atoms with Gasteiger partial charge in [0.15, 0.2) is 0 Å². The van der Waals surface area contributed by atoms with Gasteiger partial charge in [0.1, 0.15) is 6.04 Å². The smallest absolute Gasteiger partial charge is 0.256 e. The summed E-state index contributed by atoms with van der Waals surface area (Å²) in [5, 5.41) is 4.23. The van der Waals surface area contributed by atoms with Crippen LogP contribution in [0.4, 0.5) is 11.4 Å². The van der Waals surface area contributed by atoms with Crippen LogP contribution in [0.5, 0.6) is 0 Å². The highest BCUT2D eigenvalue weighted by atomic mass is 35.5. The molecule has 0 unspecified atom stereocenters. The maximum absolute atomic E-state index is 12.5. The van der Waals surface area contributed by atoms with E-state index >= 15 is 0 Å². The molecule has 2 amide bonds. The van der Waals surface area contributed by atoms with E-state index in [-0.39, 0.29) is 18.2 Å². The van der Waals surface area contributed by atoms with Crippen molar-refractivity contribution in [2.75, 3.05) is 10.2 Å². The number of imide groups is 1. The lowest BCUT2D eigenvalue weighted by molar-refractivity contribution is -0.121. The first kappa shape index (κ1) is 14.9. The first-order valence-electron chi connectivity index (χ1n) is 6.69. The van der Waals surface area contributed by atoms with E-state index in [9.17, 15) is 9.59 Å². The van der Waals surface area contributed by atoms with E-state index in [1.807, 2.05) is 0 Å². The van der Waals surface area contributed by atoms with Gasteiger partial charge in [0.2, 0.25) is 5.91 Å². The van der Waals surface area contributed by atoms with Crippen LogP contribution in [0.1, 0.15) is 6.42 Å². The predicted octanol–water partition coefficient (Wildman–Crippen LogP) is 3.74. The third-order valence-corrected chi connectivity index (χ3v) is 3.92. The number of halogens is 2. The lowest BCUT2D eigenvalue weighted by atomic mass is 10.2. The molecule has 1 aliphatic rings. The summed E-state index contributed by atoms with van der Waals surface area (Å²) in [6, 6.07) is 13.0. The molecule has 1 N–H and O–H groups in total. The maximum atomic E-state index is 12.5. The zero-order valence-corrected chi connectivity index (χ0v) is 12.9. The average molecular weight is 335 g/mol. The summed E-state index contributed by atoms with van der Waals surface area (Å²) < 4.78 is 0. The highest BCUT2D eigenvalue weighted by Crippen LogP contribution is 2.26. The highest BCUT2D eigenvalue weighted by molar-refractivity contribution is 6.31. The van der Waals surface area contributed by atoms with Crippen LogP contribution in [0.15, 0.2) is 48.5 Å². The van der Waals surface area contributed by atoms with Crippen LogP contribution in [0, 0.1) is 0 Å². The van der Waals surface area contributed by atoms with Crippen molar-refractivity contribution < 1.29 is 9.59 Å². The van der Waals surface area contributed by atoms with Crippen LogP contribution in [0.2, 0.25) is 10.0 Å². The molecule has 3 rings (SSSR count). The molecule has 1 heterocycles. The molecule has 0 bridgehead atoms. The van der Waals surface area contributed by atoms with Crippen LogP contribution in [-0.4, -0.2) is 17.9 Å². The van der Waals surface area contributed by atoms with Crippen molar-refractivity contribution in [2.45, 2.75) is 12.5 Å². The normalized spacial score (nSPS) is 17.9. The number of hydrogen-bond acceptors (Lipinski definition) is 3. The summed E-state index contributed by atoms with van der Waals surface area (Å²) in [6.07, 6.45) is 0.115. The molecule has 2 aromatic carbocycles. The highest BCUT2D eigenvalue weighted by Gasteiger charge is 2.39. The number of carbonyl (C=O) groups is 2. The minimum absolute atomic E-state index is 0.115. The number of rotatable bonds is 3. The van der Waals surface area contributed by atoms with Crippen molar-refractivity contribution in [3.63, 3.8) is 0 Å². The number of benzene rings is 2. The minimum atomic E-state index is -0.579. The Hall–Kier alpha value is -2.04. The van der Waals surface area contributed by atoms with Crippen LogP contribution >= 0.6 is 23.2 Å². The zero-order chi connectivity index (χ0) is 15.7. The van der Waals surface area contributed by atoms with Gasteiger partial charge in [-0.1, -0.05) is 23.2 Å². The predicted molar refractivity (Wildman–Crippen MR) is 87.4 cm³/mol. The molecule has 1 atom stereocenters. The van der Waals surface area contributed by atoms with E-state index in [1.165, 1.54) is 4.90 Å². The number of anilines is 2. The molecule has 0 aliphatic carbocycles. The quantitative estimate of drug-likeness (QED) is 0.870. The first-order valence-corrected chi connectivity index (χ1v) is 7.44. The van der Waals surface area contributed by atoms with Crippen molar-refractivity contribution >= 4 is 46.4 Å². The van der Waals surface area contributed by atoms with E-state index < -0.39 is 6.04 Å². The molecule has 0 radical (unpaired) electrons. The Morgan fingerprint density at radius 1 is 0.909 bits per heavy atom. The fourth-order valence-corrected chi connectivity index (χ4v) is 2.61. The van der Waals surface area contributed by atoms with Gasteiger partial charge >= 0.3 is 0 Å². The largest absolute Gasteiger partial charge is 0.373 e. The Morgan fingerprint density at radius 3 is 2.05 bits per heavy atom. The molecule has 6 heteroatoms. The lowest BCUT2D eigenvalue weighted by Gasteiger charge is -2.16. The summed E-state index contributed by atoms with van der Waals surface area (Å²) in [4.78, 5) is 25.8. The van der Waals surface area contributed by atoms with E-state index in [0.717, 1.165) is 5.69 Å². The first-order chi connectivity index (χ1) is 10.5. The molecule has 1 saturated heterocycles. The van der Waals surface area contributed by atoms with Gasteiger partial charge in [0.25, 0.3) is 5.91 Å². The van der Waals surface area contributed by atoms with E-state index in [2.05, 4.69) is 5.32 Å². The van der Waals surface area contributed by atoms with Crippen LogP contribution in [-0.2, 0) is 9.59 Å². The van der Waals surface area contributed by atoms with E-state index in [1.54, 1.807) is 48.5 Å². The summed E-state index contributed by atoms with van der Waals surface area (Å²) >= 11 is 11.7. The second-order valence-corrected chi connectivity index (χ2v) is 5.82. The maximum Gasteiger partial charge on any atom is 0.256 e. The van der Waals surface area contributed by atoms with Crippen molar-refractivity contribution in [2.24, 2.45) is 0 Å². The van der Waals surface area contributed by atoms with Crippen molar-refractivity contribution in [3.8, 4) is 0 Å². The van der Waals surface area contributed by atoms with E-state index in [0.29, 0.717) is 15.7 Å². The van der Waals surface area contributed by atoms with Gasteiger partial charge in [0, 0.05) is 15.7 Å². The Morgan fingerprint density at radius 2 is 1.45 bits per heavy atom. The third kappa shape index (κ3) is 2.93. The van der Waals surface area contributed by atoms with Crippen molar-refractivity contribution in [1.82, 2.24) is 0 Å². The van der Waals surface area contributed by atoms with Crippen LogP contribution < -0.4 is 10.2 Å². The third-order valence-electron chi connectivity index (χ3n) is 3.42. The molecule has 1 fully saturated rings. The molecule has 4 nitrogen and oxygen atoms in total. The van der Waals surface area contributed by atoms with Gasteiger partial charge in [-0.2, -0.15) is 0 Å². The molecule has 0 saturated carbocycles. The average Bonchev–Trinajstić information content (AvgIpc) is 2.77. The number of nitrogens with one attached hydrogen (secondary N) is 1. The Balaban J connectivity index is 1.79. The summed E-state index contributed by atoms with van der Waals surface area (Å²) in [5.41, 5.74) is 1.27. The number of nitrogens with zero attached hydrogens (tertiary/aromatic N) is 1. The van der Waals surface area contributed by atoms with Gasteiger partial charge in [-0.05, 0) is 48.5 Å². The molecular formula is C16H12Cl2N2O2. The van der Waals surface area contributed by atoms with Gasteiger partial charge in [0.05, 0.1) is 12.1 Å². The molecule has 2 aromatic rings. The summed E-state index contributed by atoms with van der Waals surface area (Å²) in [6.45, 7) is 0. The summed E-state index contributed by atoms with van der Waals surface area (Å²) in [7, 11) is 0. The fourth-order valence-electron chi connectivity index (χ4n) is 2.35. The topological polar surface area (TPSA) is 49.4 Å². The van der Waals surface area contributed by atoms with Gasteiger partial charge in [-0.15, -0.1) is 0 Å². The van der Waals surface area contributed by atoms with E-state index in [4.69, 9.17) is 23.2 Å². The van der Waals surface area contributed by atoms with Gasteiger partial charge < -0.3 is 5.32 Å². The van der Waals surface area contributed by atoms with Crippen LogP contribution in [0.25, 0.3) is 0 Å². The SMILES string of the molecule is O=C1C[C@@H](Nc2ccc(Cl)cc2)C(=O)N1c1ccc(Cl)cc1. The lowest BCUT2D eigenvalue weighted by Crippen LogP contribution is -2.34. The summed E-state index contributed by atoms with van der Waals surface area (Å²) in [5.74, 6) is -0.513. The molecule has 1 aliphatic heterocycles. The minimum Gasteiger partial charge on any atom is -0.373 e. The van der Waals surface area contributed by atoms with Crippen molar-refractivity contribution in [3.05, 3.63) is 58.6 Å². The van der Waals surface area contributed by atoms with Gasteiger partial charge in [-0.3, -0.25) is 9.59 Å². The van der Waals surface area contributed by atoms with Crippen molar-refractivity contribution in [1.29, 1.82) is 0 Å². The molecule has 0 aromatic heterocycles. The zero-order valence-electron chi connectivity index (χ0n) is 11.4. The second kappa shape index (κ2) is 5.99. The Kier molecular flexibility index (Phi) is 4.05. The number of amides is 2. The number of carbonyl (C=O) groups excluding carboxylic acids is 2. The monoisotopic (exact) mass is 334 g/mol. The van der Waals surface area contributed by atoms with Gasteiger partial charge in [-0.25, -0.2) is 4.90 Å². The fraction of sp³-hybridized carbons (Fsp3) is 0.125.